The van der Waals surface area contributed by atoms with Gasteiger partial charge in [-0.3, -0.25) is 9.59 Å². The van der Waals surface area contributed by atoms with Crippen molar-refractivity contribution in [3.63, 3.8) is 0 Å². The van der Waals surface area contributed by atoms with Gasteiger partial charge in [-0.25, -0.2) is 0 Å². The van der Waals surface area contributed by atoms with Crippen LogP contribution in [0, 0.1) is 5.41 Å². The van der Waals surface area contributed by atoms with Crippen LogP contribution < -0.4 is 5.32 Å². The molecule has 5 nitrogen and oxygen atoms in total. The number of amides is 1. The van der Waals surface area contributed by atoms with E-state index >= 15 is 0 Å². The molecule has 0 bridgehead atoms. The molecule has 0 aromatic carbocycles. The Hall–Kier alpha value is -1.10. The number of methoxy groups -OCH3 is 1. The molecule has 0 radical (unpaired) electrons. The maximum absolute atomic E-state index is 11.6. The number of nitrogens with zero attached hydrogens (tertiary/aromatic N) is 1. The first kappa shape index (κ1) is 12.0. The van der Waals surface area contributed by atoms with Gasteiger partial charge in [0.05, 0.1) is 19.1 Å². The fourth-order valence-electron chi connectivity index (χ4n) is 1.85. The molecular weight excluding hydrogens is 196 g/mol. The molecule has 1 heterocycles. The van der Waals surface area contributed by atoms with Crippen molar-refractivity contribution in [2.45, 2.75) is 13.3 Å². The average molecular weight is 214 g/mol. The van der Waals surface area contributed by atoms with Crippen molar-refractivity contribution in [3.05, 3.63) is 0 Å². The lowest BCUT2D eigenvalue weighted by Gasteiger charge is -2.21. The first-order chi connectivity index (χ1) is 7.03. The number of esters is 1. The molecule has 1 amide bonds. The van der Waals surface area contributed by atoms with Crippen LogP contribution in [0.1, 0.15) is 13.3 Å². The van der Waals surface area contributed by atoms with Crippen LogP contribution in [0.5, 0.6) is 0 Å². The molecule has 1 atom stereocenters. The number of likely N-dealkylation sites (tertiary alicyclic amines) is 1. The third kappa shape index (κ3) is 2.47. The standard InChI is InChI=1S/C10H18N2O3/c1-10(9(14)15-3)4-5-12(7-10)8(13)6-11-2/h11H,4-7H2,1-3H3. The monoisotopic (exact) mass is 214 g/mol. The SMILES string of the molecule is CNCC(=O)N1CCC(C)(C(=O)OC)C1. The van der Waals surface area contributed by atoms with Gasteiger partial charge in [0.25, 0.3) is 0 Å². The quantitative estimate of drug-likeness (QED) is 0.650. The minimum Gasteiger partial charge on any atom is -0.469 e. The van der Waals surface area contributed by atoms with Gasteiger partial charge in [0, 0.05) is 13.1 Å². The van der Waals surface area contributed by atoms with Crippen molar-refractivity contribution in [1.82, 2.24) is 10.2 Å². The molecule has 15 heavy (non-hydrogen) atoms. The van der Waals surface area contributed by atoms with E-state index < -0.39 is 5.41 Å². The predicted molar refractivity (Wildman–Crippen MR) is 55.2 cm³/mol. The maximum atomic E-state index is 11.6. The number of ether oxygens (including phenoxy) is 1. The highest BCUT2D eigenvalue weighted by Crippen LogP contribution is 2.30. The molecule has 1 rings (SSSR count). The molecule has 1 aliphatic rings. The topological polar surface area (TPSA) is 58.6 Å². The minimum absolute atomic E-state index is 0.0325. The second kappa shape index (κ2) is 4.61. The van der Waals surface area contributed by atoms with Gasteiger partial charge in [0.1, 0.15) is 0 Å². The van der Waals surface area contributed by atoms with Crippen LogP contribution in [-0.2, 0) is 14.3 Å². The van der Waals surface area contributed by atoms with Crippen LogP contribution in [0.15, 0.2) is 0 Å². The molecule has 0 aromatic heterocycles. The summed E-state index contributed by atoms with van der Waals surface area (Å²) in [5.74, 6) is -0.201. The molecule has 0 saturated carbocycles. The number of carbonyl (C=O) groups is 2. The van der Waals surface area contributed by atoms with E-state index in [0.717, 1.165) is 0 Å². The van der Waals surface area contributed by atoms with Crippen LogP contribution >= 0.6 is 0 Å². The van der Waals surface area contributed by atoms with E-state index in [1.165, 1.54) is 7.11 Å². The first-order valence-corrected chi connectivity index (χ1v) is 5.04. The summed E-state index contributed by atoms with van der Waals surface area (Å²) in [6.45, 7) is 3.25. The van der Waals surface area contributed by atoms with E-state index in [9.17, 15) is 9.59 Å². The highest BCUT2D eigenvalue weighted by atomic mass is 16.5. The maximum Gasteiger partial charge on any atom is 0.313 e. The summed E-state index contributed by atoms with van der Waals surface area (Å²) in [5, 5.41) is 2.81. The van der Waals surface area contributed by atoms with Crippen molar-refractivity contribution in [2.75, 3.05) is 33.8 Å². The van der Waals surface area contributed by atoms with Crippen LogP contribution in [0.4, 0.5) is 0 Å². The second-order valence-corrected chi connectivity index (χ2v) is 4.15. The van der Waals surface area contributed by atoms with Crippen molar-refractivity contribution in [2.24, 2.45) is 5.41 Å². The predicted octanol–water partition coefficient (Wildman–Crippen LogP) is -0.383. The Balaban J connectivity index is 2.58. The molecule has 86 valence electrons. The molecule has 0 aromatic rings. The Kier molecular flexibility index (Phi) is 3.68. The molecule has 1 unspecified atom stereocenters. The molecule has 1 saturated heterocycles. The zero-order chi connectivity index (χ0) is 11.5. The number of hydrogen-bond donors (Lipinski definition) is 1. The number of rotatable bonds is 3. The molecule has 1 fully saturated rings. The summed E-state index contributed by atoms with van der Waals surface area (Å²) in [4.78, 5) is 24.7. The van der Waals surface area contributed by atoms with E-state index in [-0.39, 0.29) is 11.9 Å². The van der Waals surface area contributed by atoms with Crippen LogP contribution in [-0.4, -0.2) is 50.6 Å². The minimum atomic E-state index is -0.530. The lowest BCUT2D eigenvalue weighted by molar-refractivity contribution is -0.151. The molecule has 0 aliphatic carbocycles. The fraction of sp³-hybridized carbons (Fsp3) is 0.800. The van der Waals surface area contributed by atoms with Crippen molar-refractivity contribution in [1.29, 1.82) is 0 Å². The van der Waals surface area contributed by atoms with Gasteiger partial charge in [-0.15, -0.1) is 0 Å². The summed E-state index contributed by atoms with van der Waals surface area (Å²) in [5.41, 5.74) is -0.530. The molecule has 1 N–H and O–H groups in total. The molecule has 1 aliphatic heterocycles. The van der Waals surface area contributed by atoms with Crippen LogP contribution in [0.2, 0.25) is 0 Å². The smallest absolute Gasteiger partial charge is 0.313 e. The zero-order valence-electron chi connectivity index (χ0n) is 9.50. The van der Waals surface area contributed by atoms with Crippen molar-refractivity contribution >= 4 is 11.9 Å². The number of nitrogens with one attached hydrogen (secondary N) is 1. The van der Waals surface area contributed by atoms with E-state index in [1.54, 1.807) is 11.9 Å². The van der Waals surface area contributed by atoms with Gasteiger partial charge in [-0.1, -0.05) is 0 Å². The van der Waals surface area contributed by atoms with Gasteiger partial charge < -0.3 is 15.0 Å². The van der Waals surface area contributed by atoms with Gasteiger partial charge in [0.15, 0.2) is 0 Å². The molecule has 5 heteroatoms. The summed E-state index contributed by atoms with van der Waals surface area (Å²) >= 11 is 0. The summed E-state index contributed by atoms with van der Waals surface area (Å²) in [6, 6.07) is 0. The summed E-state index contributed by atoms with van der Waals surface area (Å²) < 4.78 is 4.73. The second-order valence-electron chi connectivity index (χ2n) is 4.15. The van der Waals surface area contributed by atoms with Gasteiger partial charge >= 0.3 is 5.97 Å². The lowest BCUT2D eigenvalue weighted by atomic mass is 9.90. The number of carbonyl (C=O) groups excluding carboxylic acids is 2. The van der Waals surface area contributed by atoms with Crippen LogP contribution in [0.3, 0.4) is 0 Å². The largest absolute Gasteiger partial charge is 0.469 e. The third-order valence-electron chi connectivity index (χ3n) is 2.83. The van der Waals surface area contributed by atoms with Crippen LogP contribution in [0.25, 0.3) is 0 Å². The van der Waals surface area contributed by atoms with Gasteiger partial charge in [0.2, 0.25) is 5.91 Å². The highest BCUT2D eigenvalue weighted by Gasteiger charge is 2.42. The Labute approximate surface area is 89.8 Å². The van der Waals surface area contributed by atoms with E-state index in [1.807, 2.05) is 6.92 Å². The highest BCUT2D eigenvalue weighted by molar-refractivity contribution is 5.82. The first-order valence-electron chi connectivity index (χ1n) is 5.04. The average Bonchev–Trinajstić information content (AvgIpc) is 2.61. The van der Waals surface area contributed by atoms with Gasteiger partial charge in [-0.05, 0) is 20.4 Å². The Bertz CT molecular complexity index is 267. The van der Waals surface area contributed by atoms with E-state index in [4.69, 9.17) is 4.74 Å². The Morgan fingerprint density at radius 3 is 2.73 bits per heavy atom. The van der Waals surface area contributed by atoms with E-state index in [2.05, 4.69) is 5.32 Å². The third-order valence-corrected chi connectivity index (χ3v) is 2.83. The molecular formula is C10H18N2O3. The zero-order valence-corrected chi connectivity index (χ0v) is 9.50. The summed E-state index contributed by atoms with van der Waals surface area (Å²) in [6.07, 6.45) is 0.676. The van der Waals surface area contributed by atoms with Gasteiger partial charge in [-0.2, -0.15) is 0 Å². The van der Waals surface area contributed by atoms with Crippen molar-refractivity contribution in [3.8, 4) is 0 Å². The summed E-state index contributed by atoms with van der Waals surface area (Å²) in [7, 11) is 3.11. The number of likely N-dealkylation sites (N-methyl/N-ethyl adjacent to an activating group) is 1. The Morgan fingerprint density at radius 2 is 2.20 bits per heavy atom. The normalized spacial score (nSPS) is 25.4. The fourth-order valence-corrected chi connectivity index (χ4v) is 1.85. The van der Waals surface area contributed by atoms with Crippen molar-refractivity contribution < 1.29 is 14.3 Å². The Morgan fingerprint density at radius 1 is 1.53 bits per heavy atom. The van der Waals surface area contributed by atoms with E-state index in [0.29, 0.717) is 26.1 Å². The molecule has 0 spiro atoms. The number of hydrogen-bond acceptors (Lipinski definition) is 4. The lowest BCUT2D eigenvalue weighted by Crippen LogP contribution is -2.39.